The lowest BCUT2D eigenvalue weighted by molar-refractivity contribution is 0.0697. The second-order valence-corrected chi connectivity index (χ2v) is 9.49. The van der Waals surface area contributed by atoms with Crippen LogP contribution in [0.4, 0.5) is 0 Å². The van der Waals surface area contributed by atoms with Crippen molar-refractivity contribution in [1.82, 2.24) is 0 Å². The number of carbonyl (C=O) groups is 1. The van der Waals surface area contributed by atoms with E-state index < -0.39 is 5.97 Å². The van der Waals surface area contributed by atoms with Gasteiger partial charge in [-0.15, -0.1) is 0 Å². The number of hydrogen-bond acceptors (Lipinski definition) is 2. The van der Waals surface area contributed by atoms with E-state index in [0.717, 1.165) is 18.6 Å². The van der Waals surface area contributed by atoms with Crippen molar-refractivity contribution in [3.8, 4) is 5.75 Å². The molecule has 3 nitrogen and oxygen atoms in total. The third-order valence-electron chi connectivity index (χ3n) is 6.52. The Bertz CT molecular complexity index is 750. The summed E-state index contributed by atoms with van der Waals surface area (Å²) in [5.41, 5.74) is 3.80. The molecular weight excluding hydrogens is 324 g/mol. The third kappa shape index (κ3) is 3.20. The summed E-state index contributed by atoms with van der Waals surface area (Å²) in [4.78, 5) is 11.0. The first-order valence-corrected chi connectivity index (χ1v) is 9.38. The molecule has 0 bridgehead atoms. The Labute approximate surface area is 156 Å². The first kappa shape index (κ1) is 18.8. The topological polar surface area (TPSA) is 46.5 Å². The zero-order valence-electron chi connectivity index (χ0n) is 16.6. The van der Waals surface area contributed by atoms with Crippen LogP contribution in [0, 0.1) is 16.2 Å². The second-order valence-electron chi connectivity index (χ2n) is 9.49. The van der Waals surface area contributed by atoms with Crippen molar-refractivity contribution >= 4 is 5.97 Å². The van der Waals surface area contributed by atoms with Crippen LogP contribution in [0.2, 0.25) is 0 Å². The summed E-state index contributed by atoms with van der Waals surface area (Å²) in [6, 6.07) is 6.54. The van der Waals surface area contributed by atoms with Crippen LogP contribution in [-0.4, -0.2) is 11.1 Å². The minimum absolute atomic E-state index is 0.116. The Morgan fingerprint density at radius 2 is 1.42 bits per heavy atom. The molecule has 1 aromatic carbocycles. The largest absolute Gasteiger partial charge is 0.478 e. The SMILES string of the molecule is C=C(Oc1ccc(C(=O)O)cc1)C1(C)CC2=C(C1)C(C)(C)CCC2(C)C. The normalized spacial score (nSPS) is 22.7. The highest BCUT2D eigenvalue weighted by Crippen LogP contribution is 2.61. The van der Waals surface area contributed by atoms with Crippen molar-refractivity contribution in [2.75, 3.05) is 0 Å². The Hall–Kier alpha value is -2.03. The van der Waals surface area contributed by atoms with Gasteiger partial charge in [-0.3, -0.25) is 0 Å². The molecule has 0 amide bonds. The van der Waals surface area contributed by atoms with E-state index in [-0.39, 0.29) is 21.8 Å². The minimum Gasteiger partial charge on any atom is -0.478 e. The van der Waals surface area contributed by atoms with Gasteiger partial charge in [0.25, 0.3) is 0 Å². The van der Waals surface area contributed by atoms with Crippen LogP contribution < -0.4 is 4.74 Å². The van der Waals surface area contributed by atoms with Gasteiger partial charge in [0.05, 0.1) is 5.56 Å². The Morgan fingerprint density at radius 3 is 1.85 bits per heavy atom. The van der Waals surface area contributed by atoms with E-state index in [1.807, 2.05) is 0 Å². The number of hydrogen-bond donors (Lipinski definition) is 1. The number of ether oxygens (including phenoxy) is 1. The van der Waals surface area contributed by atoms with Crippen LogP contribution in [0.1, 0.15) is 70.7 Å². The molecule has 2 aliphatic carbocycles. The fraction of sp³-hybridized carbons (Fsp3) is 0.522. The van der Waals surface area contributed by atoms with Gasteiger partial charge in [0, 0.05) is 5.41 Å². The lowest BCUT2D eigenvalue weighted by Crippen LogP contribution is -2.28. The number of allylic oxidation sites excluding steroid dienone is 3. The molecule has 2 aliphatic rings. The van der Waals surface area contributed by atoms with Gasteiger partial charge in [-0.2, -0.15) is 0 Å². The molecule has 0 unspecified atom stereocenters. The van der Waals surface area contributed by atoms with Crippen molar-refractivity contribution in [1.29, 1.82) is 0 Å². The Morgan fingerprint density at radius 1 is 0.962 bits per heavy atom. The van der Waals surface area contributed by atoms with E-state index in [4.69, 9.17) is 9.84 Å². The minimum atomic E-state index is -0.931. The predicted molar refractivity (Wildman–Crippen MR) is 104 cm³/mol. The molecule has 3 rings (SSSR count). The number of carboxylic acids is 1. The Balaban J connectivity index is 1.80. The van der Waals surface area contributed by atoms with Gasteiger partial charge in [-0.1, -0.05) is 52.3 Å². The van der Waals surface area contributed by atoms with Gasteiger partial charge < -0.3 is 9.84 Å². The van der Waals surface area contributed by atoms with E-state index in [1.165, 1.54) is 12.8 Å². The summed E-state index contributed by atoms with van der Waals surface area (Å²) in [6.45, 7) is 15.9. The fourth-order valence-electron chi connectivity index (χ4n) is 4.41. The number of carboxylic acid groups (broad SMARTS) is 1. The summed E-state index contributed by atoms with van der Waals surface area (Å²) in [5.74, 6) is 0.477. The van der Waals surface area contributed by atoms with Crippen LogP contribution in [0.25, 0.3) is 0 Å². The quantitative estimate of drug-likeness (QED) is 0.516. The molecule has 0 spiro atoms. The van der Waals surface area contributed by atoms with E-state index in [2.05, 4.69) is 41.2 Å². The molecule has 0 aromatic heterocycles. The van der Waals surface area contributed by atoms with Crippen molar-refractivity contribution < 1.29 is 14.6 Å². The standard InChI is InChI=1S/C23H30O3/c1-15(26-17-9-7-16(8-10-17)20(24)25)23(6)13-18-19(14-23)22(4,5)12-11-21(18,2)3/h7-10H,1,11-14H2,2-6H3,(H,24,25). The first-order chi connectivity index (χ1) is 11.9. The molecule has 140 valence electrons. The molecule has 0 saturated heterocycles. The fourth-order valence-corrected chi connectivity index (χ4v) is 4.41. The second kappa shape index (κ2) is 6.00. The van der Waals surface area contributed by atoms with Gasteiger partial charge in [0.1, 0.15) is 11.5 Å². The van der Waals surface area contributed by atoms with Crippen molar-refractivity contribution in [3.05, 3.63) is 53.3 Å². The van der Waals surface area contributed by atoms with Crippen LogP contribution >= 0.6 is 0 Å². The molecule has 0 aliphatic heterocycles. The molecule has 0 atom stereocenters. The molecular formula is C23H30O3. The third-order valence-corrected chi connectivity index (χ3v) is 6.52. The highest BCUT2D eigenvalue weighted by atomic mass is 16.5. The molecule has 0 saturated carbocycles. The number of aromatic carboxylic acids is 1. The zero-order valence-corrected chi connectivity index (χ0v) is 16.6. The Kier molecular flexibility index (Phi) is 4.33. The average molecular weight is 354 g/mol. The van der Waals surface area contributed by atoms with E-state index in [1.54, 1.807) is 35.4 Å². The van der Waals surface area contributed by atoms with Crippen LogP contribution in [0.15, 0.2) is 47.7 Å². The maximum absolute atomic E-state index is 11.0. The smallest absolute Gasteiger partial charge is 0.335 e. The molecule has 0 fully saturated rings. The van der Waals surface area contributed by atoms with Crippen molar-refractivity contribution in [2.45, 2.75) is 60.3 Å². The van der Waals surface area contributed by atoms with Crippen LogP contribution in [-0.2, 0) is 0 Å². The predicted octanol–water partition coefficient (Wildman–Crippen LogP) is 6.22. The summed E-state index contributed by atoms with van der Waals surface area (Å²) in [7, 11) is 0. The molecule has 0 heterocycles. The van der Waals surface area contributed by atoms with E-state index in [0.29, 0.717) is 5.75 Å². The summed E-state index contributed by atoms with van der Waals surface area (Å²) < 4.78 is 6.06. The van der Waals surface area contributed by atoms with E-state index >= 15 is 0 Å². The van der Waals surface area contributed by atoms with Gasteiger partial charge >= 0.3 is 5.97 Å². The summed E-state index contributed by atoms with van der Waals surface area (Å²) >= 11 is 0. The molecule has 26 heavy (non-hydrogen) atoms. The lowest BCUT2D eigenvalue weighted by Gasteiger charge is -2.41. The first-order valence-electron chi connectivity index (χ1n) is 9.38. The van der Waals surface area contributed by atoms with Gasteiger partial charge in [0.15, 0.2) is 0 Å². The molecule has 1 aromatic rings. The highest BCUT2D eigenvalue weighted by molar-refractivity contribution is 5.87. The molecule has 0 radical (unpaired) electrons. The van der Waals surface area contributed by atoms with Crippen molar-refractivity contribution in [3.63, 3.8) is 0 Å². The van der Waals surface area contributed by atoms with E-state index in [9.17, 15) is 4.79 Å². The zero-order chi connectivity index (χ0) is 19.3. The molecule has 3 heteroatoms. The van der Waals surface area contributed by atoms with Crippen LogP contribution in [0.5, 0.6) is 5.75 Å². The lowest BCUT2D eigenvalue weighted by atomic mass is 9.64. The summed E-state index contributed by atoms with van der Waals surface area (Å²) in [5, 5.41) is 9.02. The monoisotopic (exact) mass is 354 g/mol. The maximum Gasteiger partial charge on any atom is 0.335 e. The number of benzene rings is 1. The maximum atomic E-state index is 11.0. The summed E-state index contributed by atoms with van der Waals surface area (Å²) in [6.07, 6.45) is 4.42. The van der Waals surface area contributed by atoms with Gasteiger partial charge in [0.2, 0.25) is 0 Å². The van der Waals surface area contributed by atoms with Crippen molar-refractivity contribution in [2.24, 2.45) is 16.2 Å². The number of rotatable bonds is 4. The average Bonchev–Trinajstić information content (AvgIpc) is 2.94. The van der Waals surface area contributed by atoms with Gasteiger partial charge in [-0.05, 0) is 60.8 Å². The van der Waals surface area contributed by atoms with Gasteiger partial charge in [-0.25, -0.2) is 4.79 Å². The molecule has 1 N–H and O–H groups in total. The van der Waals surface area contributed by atoms with Crippen LogP contribution in [0.3, 0.4) is 0 Å². The highest BCUT2D eigenvalue weighted by Gasteiger charge is 2.49.